The number of rotatable bonds is 4. The van der Waals surface area contributed by atoms with Gasteiger partial charge in [-0.15, -0.1) is 0 Å². The second-order valence-corrected chi connectivity index (χ2v) is 6.35. The number of aliphatic hydroxyl groups excluding tert-OH is 1. The summed E-state index contributed by atoms with van der Waals surface area (Å²) in [5.41, 5.74) is 1.33. The summed E-state index contributed by atoms with van der Waals surface area (Å²) < 4.78 is 2.34. The first-order chi connectivity index (χ1) is 9.81. The Balaban J connectivity index is 1.68. The molecule has 1 saturated heterocycles. The molecule has 0 aromatic carbocycles. The maximum Gasteiger partial charge on any atom is 0.109 e. The minimum Gasteiger partial charge on any atom is -0.394 e. The van der Waals surface area contributed by atoms with E-state index in [1.165, 1.54) is 50.4 Å². The number of aliphatic hydroxyl groups is 1. The zero-order valence-electron chi connectivity index (χ0n) is 12.6. The third-order valence-corrected chi connectivity index (χ3v) is 5.12. The van der Waals surface area contributed by atoms with Gasteiger partial charge in [0.25, 0.3) is 0 Å². The summed E-state index contributed by atoms with van der Waals surface area (Å²) in [7, 11) is 0. The largest absolute Gasteiger partial charge is 0.394 e. The van der Waals surface area contributed by atoms with Crippen molar-refractivity contribution >= 4 is 0 Å². The van der Waals surface area contributed by atoms with Crippen LogP contribution in [0.3, 0.4) is 0 Å². The summed E-state index contributed by atoms with van der Waals surface area (Å²) in [4.78, 5) is 7.20. The lowest BCUT2D eigenvalue weighted by atomic mass is 9.93. The number of fused-ring (bicyclic) bond motifs is 1. The van der Waals surface area contributed by atoms with Gasteiger partial charge in [-0.3, -0.25) is 0 Å². The normalized spacial score (nSPS) is 24.8. The predicted octanol–water partition coefficient (Wildman–Crippen LogP) is 2.03. The SMILES string of the molecule is CCN1CCC(Cc2ncc3n2C(CO)CCC3)CC1. The van der Waals surface area contributed by atoms with Crippen LogP contribution in [0.1, 0.15) is 50.2 Å². The molecule has 20 heavy (non-hydrogen) atoms. The number of aromatic nitrogens is 2. The van der Waals surface area contributed by atoms with Gasteiger partial charge in [-0.25, -0.2) is 4.98 Å². The van der Waals surface area contributed by atoms with E-state index < -0.39 is 0 Å². The summed E-state index contributed by atoms with van der Waals surface area (Å²) in [6, 6.07) is 0.270. The molecule has 0 bridgehead atoms. The Kier molecular flexibility index (Phi) is 4.41. The van der Waals surface area contributed by atoms with Crippen LogP contribution in [0.25, 0.3) is 0 Å². The van der Waals surface area contributed by atoms with Crippen LogP contribution in [0.2, 0.25) is 0 Å². The topological polar surface area (TPSA) is 41.3 Å². The molecule has 3 heterocycles. The Morgan fingerprint density at radius 3 is 2.80 bits per heavy atom. The molecule has 4 heteroatoms. The van der Waals surface area contributed by atoms with Crippen molar-refractivity contribution < 1.29 is 5.11 Å². The van der Waals surface area contributed by atoms with Gasteiger partial charge in [-0.1, -0.05) is 6.92 Å². The van der Waals surface area contributed by atoms with Crippen molar-refractivity contribution in [2.75, 3.05) is 26.2 Å². The van der Waals surface area contributed by atoms with Gasteiger partial charge < -0.3 is 14.6 Å². The van der Waals surface area contributed by atoms with E-state index >= 15 is 0 Å². The molecule has 1 atom stereocenters. The van der Waals surface area contributed by atoms with Crippen LogP contribution in [0.4, 0.5) is 0 Å². The van der Waals surface area contributed by atoms with Gasteiger partial charge in [-0.2, -0.15) is 0 Å². The zero-order chi connectivity index (χ0) is 13.9. The number of piperidine rings is 1. The van der Waals surface area contributed by atoms with Crippen molar-refractivity contribution in [1.82, 2.24) is 14.5 Å². The molecule has 1 aromatic heterocycles. The van der Waals surface area contributed by atoms with Crippen molar-refractivity contribution in [2.45, 2.75) is 51.5 Å². The van der Waals surface area contributed by atoms with Crippen LogP contribution < -0.4 is 0 Å². The third kappa shape index (κ3) is 2.77. The van der Waals surface area contributed by atoms with E-state index in [1.54, 1.807) is 0 Å². The lowest BCUT2D eigenvalue weighted by molar-refractivity contribution is 0.183. The smallest absolute Gasteiger partial charge is 0.109 e. The summed E-state index contributed by atoms with van der Waals surface area (Å²) >= 11 is 0. The Morgan fingerprint density at radius 2 is 2.10 bits per heavy atom. The minimum absolute atomic E-state index is 0.255. The summed E-state index contributed by atoms with van der Waals surface area (Å²) in [5, 5.41) is 9.60. The number of nitrogens with zero attached hydrogens (tertiary/aromatic N) is 3. The average molecular weight is 277 g/mol. The average Bonchev–Trinajstić information content (AvgIpc) is 2.91. The fraction of sp³-hybridized carbons (Fsp3) is 0.812. The van der Waals surface area contributed by atoms with Gasteiger partial charge in [0.2, 0.25) is 0 Å². The molecule has 1 N–H and O–H groups in total. The Hall–Kier alpha value is -0.870. The fourth-order valence-corrected chi connectivity index (χ4v) is 3.81. The maximum atomic E-state index is 9.60. The van der Waals surface area contributed by atoms with E-state index in [4.69, 9.17) is 0 Å². The molecule has 0 saturated carbocycles. The predicted molar refractivity (Wildman–Crippen MR) is 79.8 cm³/mol. The van der Waals surface area contributed by atoms with E-state index in [1.807, 2.05) is 6.20 Å². The van der Waals surface area contributed by atoms with Crippen molar-refractivity contribution in [3.05, 3.63) is 17.7 Å². The Bertz CT molecular complexity index is 435. The highest BCUT2D eigenvalue weighted by Gasteiger charge is 2.25. The first-order valence-electron chi connectivity index (χ1n) is 8.20. The molecule has 3 rings (SSSR count). The first kappa shape index (κ1) is 14.1. The van der Waals surface area contributed by atoms with E-state index in [-0.39, 0.29) is 12.6 Å². The maximum absolute atomic E-state index is 9.60. The van der Waals surface area contributed by atoms with Crippen LogP contribution in [-0.2, 0) is 12.8 Å². The highest BCUT2D eigenvalue weighted by Crippen LogP contribution is 2.29. The van der Waals surface area contributed by atoms with Gasteiger partial charge in [0.1, 0.15) is 5.82 Å². The molecule has 1 fully saturated rings. The molecular weight excluding hydrogens is 250 g/mol. The number of hydrogen-bond donors (Lipinski definition) is 1. The quantitative estimate of drug-likeness (QED) is 0.915. The van der Waals surface area contributed by atoms with Crippen molar-refractivity contribution in [1.29, 1.82) is 0 Å². The van der Waals surface area contributed by atoms with Crippen LogP contribution in [0.5, 0.6) is 0 Å². The van der Waals surface area contributed by atoms with Crippen molar-refractivity contribution in [3.63, 3.8) is 0 Å². The van der Waals surface area contributed by atoms with Gasteiger partial charge in [0.15, 0.2) is 0 Å². The second-order valence-electron chi connectivity index (χ2n) is 6.35. The van der Waals surface area contributed by atoms with Gasteiger partial charge in [0, 0.05) is 18.3 Å². The standard InChI is InChI=1S/C16H27N3O/c1-2-18-8-6-13(7-9-18)10-16-17-11-14-4-3-5-15(12-20)19(14)16/h11,13,15,20H,2-10,12H2,1H3. The Labute approximate surface area is 121 Å². The third-order valence-electron chi connectivity index (χ3n) is 5.12. The van der Waals surface area contributed by atoms with E-state index in [9.17, 15) is 5.11 Å². The van der Waals surface area contributed by atoms with Crippen LogP contribution in [0.15, 0.2) is 6.20 Å². The molecule has 4 nitrogen and oxygen atoms in total. The molecular formula is C16H27N3O. The zero-order valence-corrected chi connectivity index (χ0v) is 12.6. The summed E-state index contributed by atoms with van der Waals surface area (Å²) in [5.74, 6) is 1.99. The molecule has 2 aliphatic rings. The number of aryl methyl sites for hydroxylation is 1. The number of likely N-dealkylation sites (tertiary alicyclic amines) is 1. The van der Waals surface area contributed by atoms with Gasteiger partial charge in [-0.05, 0) is 57.7 Å². The van der Waals surface area contributed by atoms with Crippen LogP contribution in [-0.4, -0.2) is 45.8 Å². The van der Waals surface area contributed by atoms with E-state index in [0.29, 0.717) is 0 Å². The summed E-state index contributed by atoms with van der Waals surface area (Å²) in [6.07, 6.45) is 9.12. The lowest BCUT2D eigenvalue weighted by Gasteiger charge is -2.32. The molecule has 1 unspecified atom stereocenters. The first-order valence-corrected chi connectivity index (χ1v) is 8.20. The molecule has 2 aliphatic heterocycles. The molecule has 0 aliphatic carbocycles. The highest BCUT2D eigenvalue weighted by atomic mass is 16.3. The molecule has 0 spiro atoms. The highest BCUT2D eigenvalue weighted by molar-refractivity contribution is 5.11. The molecule has 1 aromatic rings. The fourth-order valence-electron chi connectivity index (χ4n) is 3.81. The monoisotopic (exact) mass is 277 g/mol. The number of hydrogen-bond acceptors (Lipinski definition) is 3. The number of imidazole rings is 1. The van der Waals surface area contributed by atoms with Crippen LogP contribution >= 0.6 is 0 Å². The molecule has 112 valence electrons. The molecule has 0 radical (unpaired) electrons. The van der Waals surface area contributed by atoms with E-state index in [2.05, 4.69) is 21.4 Å². The molecule has 0 amide bonds. The second kappa shape index (κ2) is 6.27. The van der Waals surface area contributed by atoms with Crippen molar-refractivity contribution in [3.8, 4) is 0 Å². The van der Waals surface area contributed by atoms with Crippen LogP contribution in [0, 0.1) is 5.92 Å². The van der Waals surface area contributed by atoms with Crippen molar-refractivity contribution in [2.24, 2.45) is 5.92 Å². The minimum atomic E-state index is 0.255. The summed E-state index contributed by atoms with van der Waals surface area (Å²) in [6.45, 7) is 6.15. The van der Waals surface area contributed by atoms with E-state index in [0.717, 1.165) is 25.2 Å². The van der Waals surface area contributed by atoms with Gasteiger partial charge >= 0.3 is 0 Å². The van der Waals surface area contributed by atoms with Gasteiger partial charge in [0.05, 0.1) is 12.6 Å². The lowest BCUT2D eigenvalue weighted by Crippen LogP contribution is -2.34. The Morgan fingerprint density at radius 1 is 1.30 bits per heavy atom.